The topological polar surface area (TPSA) is 12.5 Å². The van der Waals surface area contributed by atoms with Crippen LogP contribution in [0.3, 0.4) is 0 Å². The van der Waals surface area contributed by atoms with Crippen molar-refractivity contribution < 1.29 is 4.74 Å². The van der Waals surface area contributed by atoms with Crippen molar-refractivity contribution in [3.8, 4) is 0 Å². The maximum atomic E-state index is 6.08. The van der Waals surface area contributed by atoms with E-state index in [0.717, 1.165) is 23.7 Å². The van der Waals surface area contributed by atoms with E-state index >= 15 is 0 Å². The SMILES string of the molecule is CC1C(C)C2CCC1C1(C)OC21C. The molecule has 1 heteroatoms. The molecular weight excluding hydrogens is 160 g/mol. The van der Waals surface area contributed by atoms with E-state index < -0.39 is 0 Å². The number of hydrogen-bond donors (Lipinski definition) is 0. The minimum atomic E-state index is 0.252. The number of fused-ring (bicyclic) bond motifs is 2. The lowest BCUT2D eigenvalue weighted by Crippen LogP contribution is -2.52. The molecule has 0 N–H and O–H groups in total. The van der Waals surface area contributed by atoms with Gasteiger partial charge in [-0.25, -0.2) is 0 Å². The predicted molar refractivity (Wildman–Crippen MR) is 52.4 cm³/mol. The van der Waals surface area contributed by atoms with Gasteiger partial charge in [-0.15, -0.1) is 0 Å². The fraction of sp³-hybridized carbons (Fsp3) is 1.00. The Morgan fingerprint density at radius 3 is 1.69 bits per heavy atom. The van der Waals surface area contributed by atoms with Gasteiger partial charge in [-0.05, 0) is 50.4 Å². The molecule has 1 nitrogen and oxygen atoms in total. The van der Waals surface area contributed by atoms with Crippen molar-refractivity contribution in [3.63, 3.8) is 0 Å². The van der Waals surface area contributed by atoms with Crippen molar-refractivity contribution in [2.75, 3.05) is 0 Å². The second-order valence-corrected chi connectivity index (χ2v) is 5.82. The molecule has 6 unspecified atom stereocenters. The molecule has 1 aliphatic heterocycles. The lowest BCUT2D eigenvalue weighted by atomic mass is 9.52. The summed E-state index contributed by atoms with van der Waals surface area (Å²) in [5, 5.41) is 0. The molecule has 1 heterocycles. The standard InChI is InChI=1S/C12H20O/c1-7-8(2)10-6-5-9(7)11(3)12(10,4)13-11/h7-10H,5-6H2,1-4H3. The highest BCUT2D eigenvalue weighted by Crippen LogP contribution is 2.70. The lowest BCUT2D eigenvalue weighted by Gasteiger charge is -2.49. The van der Waals surface area contributed by atoms with E-state index in [1.54, 1.807) is 0 Å². The van der Waals surface area contributed by atoms with Crippen LogP contribution in [0.25, 0.3) is 0 Å². The van der Waals surface area contributed by atoms with E-state index in [0.29, 0.717) is 0 Å². The summed E-state index contributed by atoms with van der Waals surface area (Å²) in [5.74, 6) is 3.41. The minimum absolute atomic E-state index is 0.252. The van der Waals surface area contributed by atoms with E-state index in [2.05, 4.69) is 27.7 Å². The molecule has 0 amide bonds. The molecular formula is C12H20O. The van der Waals surface area contributed by atoms with Crippen LogP contribution in [0.4, 0.5) is 0 Å². The molecule has 13 heavy (non-hydrogen) atoms. The van der Waals surface area contributed by atoms with Crippen LogP contribution in [0.5, 0.6) is 0 Å². The van der Waals surface area contributed by atoms with E-state index in [1.807, 2.05) is 0 Å². The van der Waals surface area contributed by atoms with E-state index in [1.165, 1.54) is 12.8 Å². The van der Waals surface area contributed by atoms with Gasteiger partial charge in [0.25, 0.3) is 0 Å². The van der Waals surface area contributed by atoms with Crippen molar-refractivity contribution >= 4 is 0 Å². The Labute approximate surface area is 80.8 Å². The van der Waals surface area contributed by atoms with E-state index in [4.69, 9.17) is 4.74 Å². The van der Waals surface area contributed by atoms with Gasteiger partial charge < -0.3 is 4.74 Å². The van der Waals surface area contributed by atoms with Crippen LogP contribution in [0.1, 0.15) is 40.5 Å². The van der Waals surface area contributed by atoms with Gasteiger partial charge in [0, 0.05) is 0 Å². The molecule has 3 aliphatic carbocycles. The molecule has 0 spiro atoms. The van der Waals surface area contributed by atoms with Crippen molar-refractivity contribution in [1.29, 1.82) is 0 Å². The summed E-state index contributed by atoms with van der Waals surface area (Å²) < 4.78 is 6.08. The molecule has 4 fully saturated rings. The van der Waals surface area contributed by atoms with Crippen LogP contribution in [-0.2, 0) is 4.74 Å². The van der Waals surface area contributed by atoms with E-state index in [9.17, 15) is 0 Å². The third kappa shape index (κ3) is 0.674. The smallest absolute Gasteiger partial charge is 0.0982 e. The zero-order valence-corrected chi connectivity index (χ0v) is 9.13. The van der Waals surface area contributed by atoms with Crippen LogP contribution >= 0.6 is 0 Å². The first-order valence-corrected chi connectivity index (χ1v) is 5.71. The summed E-state index contributed by atoms with van der Waals surface area (Å²) in [6.07, 6.45) is 2.81. The van der Waals surface area contributed by atoms with Crippen molar-refractivity contribution in [3.05, 3.63) is 0 Å². The quantitative estimate of drug-likeness (QED) is 0.522. The highest BCUT2D eigenvalue weighted by molar-refractivity contribution is 5.24. The van der Waals surface area contributed by atoms with Gasteiger partial charge in [-0.2, -0.15) is 0 Å². The third-order valence-corrected chi connectivity index (χ3v) is 5.67. The monoisotopic (exact) mass is 180 g/mol. The number of epoxide rings is 1. The first-order chi connectivity index (χ1) is 6.01. The molecule has 0 radical (unpaired) electrons. The number of ether oxygens (including phenoxy) is 1. The minimum Gasteiger partial charge on any atom is -0.363 e. The van der Waals surface area contributed by atoms with Crippen LogP contribution in [0.2, 0.25) is 0 Å². The first kappa shape index (κ1) is 8.28. The van der Waals surface area contributed by atoms with Gasteiger partial charge in [0.15, 0.2) is 0 Å². The molecule has 4 rings (SSSR count). The fourth-order valence-corrected chi connectivity index (χ4v) is 4.47. The summed E-state index contributed by atoms with van der Waals surface area (Å²) >= 11 is 0. The van der Waals surface area contributed by atoms with Crippen molar-refractivity contribution in [2.45, 2.75) is 51.7 Å². The summed E-state index contributed by atoms with van der Waals surface area (Å²) in [7, 11) is 0. The molecule has 3 saturated carbocycles. The Morgan fingerprint density at radius 2 is 1.31 bits per heavy atom. The lowest BCUT2D eigenvalue weighted by molar-refractivity contribution is 0.0167. The summed E-state index contributed by atoms with van der Waals surface area (Å²) in [6, 6.07) is 0. The van der Waals surface area contributed by atoms with Gasteiger partial charge in [-0.1, -0.05) is 13.8 Å². The fourth-order valence-electron chi connectivity index (χ4n) is 4.47. The highest BCUT2D eigenvalue weighted by atomic mass is 16.6. The molecule has 6 atom stereocenters. The van der Waals surface area contributed by atoms with Crippen molar-refractivity contribution in [1.82, 2.24) is 0 Å². The second-order valence-electron chi connectivity index (χ2n) is 5.82. The van der Waals surface area contributed by atoms with Crippen LogP contribution in [0.15, 0.2) is 0 Å². The highest BCUT2D eigenvalue weighted by Gasteiger charge is 2.76. The van der Waals surface area contributed by atoms with Gasteiger partial charge in [0.1, 0.15) is 0 Å². The molecule has 1 saturated heterocycles. The normalized spacial score (nSPS) is 69.2. The predicted octanol–water partition coefficient (Wildman–Crippen LogP) is 2.85. The van der Waals surface area contributed by atoms with Gasteiger partial charge in [0.2, 0.25) is 0 Å². The average molecular weight is 180 g/mol. The Morgan fingerprint density at radius 1 is 0.923 bits per heavy atom. The Hall–Kier alpha value is -0.0400. The van der Waals surface area contributed by atoms with Crippen LogP contribution < -0.4 is 0 Å². The van der Waals surface area contributed by atoms with Gasteiger partial charge in [-0.3, -0.25) is 0 Å². The number of hydrogen-bond acceptors (Lipinski definition) is 1. The van der Waals surface area contributed by atoms with Gasteiger partial charge in [0.05, 0.1) is 11.2 Å². The average Bonchev–Trinajstić information content (AvgIpc) is 2.64. The molecule has 4 aliphatic rings. The number of rotatable bonds is 0. The largest absolute Gasteiger partial charge is 0.363 e. The summed E-state index contributed by atoms with van der Waals surface area (Å²) in [4.78, 5) is 0. The Balaban J connectivity index is 2.04. The zero-order chi connectivity index (χ0) is 9.43. The second kappa shape index (κ2) is 1.98. The first-order valence-electron chi connectivity index (χ1n) is 5.71. The van der Waals surface area contributed by atoms with Crippen LogP contribution in [0, 0.1) is 23.7 Å². The van der Waals surface area contributed by atoms with Gasteiger partial charge >= 0.3 is 0 Å². The van der Waals surface area contributed by atoms with E-state index in [-0.39, 0.29) is 11.2 Å². The molecule has 2 bridgehead atoms. The van der Waals surface area contributed by atoms with Crippen molar-refractivity contribution in [2.24, 2.45) is 23.7 Å². The molecule has 0 aromatic carbocycles. The molecule has 74 valence electrons. The maximum Gasteiger partial charge on any atom is 0.0982 e. The van der Waals surface area contributed by atoms with Crippen LogP contribution in [-0.4, -0.2) is 11.2 Å². The summed E-state index contributed by atoms with van der Waals surface area (Å²) in [5.41, 5.74) is 0.504. The zero-order valence-electron chi connectivity index (χ0n) is 9.13. The summed E-state index contributed by atoms with van der Waals surface area (Å²) in [6.45, 7) is 9.53. The Kier molecular flexibility index (Phi) is 1.26. The maximum absolute atomic E-state index is 6.08. The Bertz CT molecular complexity index is 236. The molecule has 0 aromatic heterocycles. The third-order valence-electron chi connectivity index (χ3n) is 5.67. The molecule has 0 aromatic rings.